The predicted molar refractivity (Wildman–Crippen MR) is 87.4 cm³/mol. The number of ether oxygens (including phenoxy) is 1. The van der Waals surface area contributed by atoms with Crippen LogP contribution in [0.1, 0.15) is 32.5 Å². The number of nitrogens with one attached hydrogen (secondary N) is 1. The fraction of sp³-hybridized carbons (Fsp3) is 0.375. The molecule has 1 N–H and O–H groups in total. The third-order valence-electron chi connectivity index (χ3n) is 2.88. The fourth-order valence-corrected chi connectivity index (χ4v) is 2.77. The summed E-state index contributed by atoms with van der Waals surface area (Å²) in [5.41, 5.74) is 0. The van der Waals surface area contributed by atoms with Crippen LogP contribution >= 0.6 is 11.8 Å². The Morgan fingerprint density at radius 3 is 2.67 bits per heavy atom. The molecule has 0 aliphatic rings. The monoisotopic (exact) mass is 303 g/mol. The minimum Gasteiger partial charge on any atom is -0.496 e. The van der Waals surface area contributed by atoms with Gasteiger partial charge >= 0.3 is 0 Å². The molecule has 2 aromatic rings. The van der Waals surface area contributed by atoms with Crippen LogP contribution in [-0.4, -0.2) is 23.6 Å². The van der Waals surface area contributed by atoms with Crippen LogP contribution in [0.3, 0.4) is 0 Å². The highest BCUT2D eigenvalue weighted by atomic mass is 32.2. The second kappa shape index (κ2) is 7.31. The molecule has 0 saturated heterocycles. The highest BCUT2D eigenvalue weighted by Gasteiger charge is 2.11. The van der Waals surface area contributed by atoms with E-state index in [1.165, 1.54) is 0 Å². The van der Waals surface area contributed by atoms with Gasteiger partial charge in [-0.05, 0) is 19.1 Å². The molecule has 2 rings (SSSR count). The Balaban J connectivity index is 2.34. The first-order valence-electron chi connectivity index (χ1n) is 7.07. The first kappa shape index (κ1) is 15.6. The van der Waals surface area contributed by atoms with Gasteiger partial charge in [-0.2, -0.15) is 0 Å². The third-order valence-corrected chi connectivity index (χ3v) is 3.85. The molecular formula is C16H21N3OS. The normalized spacial score (nSPS) is 10.7. The number of methoxy groups -OCH3 is 1. The number of anilines is 1. The van der Waals surface area contributed by atoms with Crippen molar-refractivity contribution in [3.8, 4) is 5.75 Å². The Kier molecular flexibility index (Phi) is 5.44. The van der Waals surface area contributed by atoms with E-state index in [1.54, 1.807) is 18.9 Å². The largest absolute Gasteiger partial charge is 0.496 e. The molecule has 0 bridgehead atoms. The molecule has 0 radical (unpaired) electrons. The molecule has 5 heteroatoms. The first-order valence-corrected chi connectivity index (χ1v) is 7.89. The molecule has 0 amide bonds. The van der Waals surface area contributed by atoms with Crippen molar-refractivity contribution < 1.29 is 4.74 Å². The lowest BCUT2D eigenvalue weighted by atomic mass is 10.2. The molecular weight excluding hydrogens is 282 g/mol. The predicted octanol–water partition coefficient (Wildman–Crippen LogP) is 4.19. The summed E-state index contributed by atoms with van der Waals surface area (Å²) < 4.78 is 5.39. The van der Waals surface area contributed by atoms with Gasteiger partial charge in [-0.25, -0.2) is 9.97 Å². The maximum absolute atomic E-state index is 5.39. The maximum atomic E-state index is 5.39. The van der Waals surface area contributed by atoms with E-state index < -0.39 is 0 Å². The van der Waals surface area contributed by atoms with Crippen molar-refractivity contribution in [1.29, 1.82) is 0 Å². The zero-order valence-corrected chi connectivity index (χ0v) is 13.7. The summed E-state index contributed by atoms with van der Waals surface area (Å²) in [5.74, 6) is 2.87. The van der Waals surface area contributed by atoms with Crippen LogP contribution in [0.4, 0.5) is 5.82 Å². The molecule has 0 aliphatic heterocycles. The molecule has 0 aliphatic carbocycles. The molecule has 4 nitrogen and oxygen atoms in total. The van der Waals surface area contributed by atoms with Crippen LogP contribution < -0.4 is 10.1 Å². The lowest BCUT2D eigenvalue weighted by molar-refractivity contribution is 0.405. The van der Waals surface area contributed by atoms with E-state index in [0.717, 1.165) is 33.9 Å². The molecule has 1 aromatic carbocycles. The number of hydrogen-bond acceptors (Lipinski definition) is 5. The van der Waals surface area contributed by atoms with Crippen LogP contribution in [0.25, 0.3) is 0 Å². The average molecular weight is 303 g/mol. The van der Waals surface area contributed by atoms with Gasteiger partial charge in [0.2, 0.25) is 0 Å². The second-order valence-corrected chi connectivity index (χ2v) is 5.95. The van der Waals surface area contributed by atoms with Gasteiger partial charge in [0.25, 0.3) is 0 Å². The van der Waals surface area contributed by atoms with Crippen LogP contribution in [-0.2, 0) is 0 Å². The van der Waals surface area contributed by atoms with Gasteiger partial charge in [0.1, 0.15) is 22.4 Å². The number of aromatic nitrogens is 2. The van der Waals surface area contributed by atoms with Crippen molar-refractivity contribution in [3.63, 3.8) is 0 Å². The van der Waals surface area contributed by atoms with Crippen molar-refractivity contribution >= 4 is 17.6 Å². The van der Waals surface area contributed by atoms with Gasteiger partial charge in [0.05, 0.1) is 12.0 Å². The number of nitrogens with zero attached hydrogens (tertiary/aromatic N) is 2. The average Bonchev–Trinajstić information content (AvgIpc) is 2.48. The summed E-state index contributed by atoms with van der Waals surface area (Å²) in [4.78, 5) is 10.2. The van der Waals surface area contributed by atoms with Crippen LogP contribution in [0, 0.1) is 0 Å². The minimum atomic E-state index is 0.292. The van der Waals surface area contributed by atoms with Crippen molar-refractivity contribution in [2.75, 3.05) is 19.0 Å². The third kappa shape index (κ3) is 4.11. The summed E-state index contributed by atoms with van der Waals surface area (Å²) in [6, 6.07) is 9.94. The van der Waals surface area contributed by atoms with E-state index in [2.05, 4.69) is 36.1 Å². The summed E-state index contributed by atoms with van der Waals surface area (Å²) in [6.07, 6.45) is 0. The molecule has 0 unspecified atom stereocenters. The Bertz CT molecular complexity index is 602. The molecule has 0 saturated carbocycles. The van der Waals surface area contributed by atoms with E-state index in [9.17, 15) is 0 Å². The van der Waals surface area contributed by atoms with E-state index >= 15 is 0 Å². The van der Waals surface area contributed by atoms with Gasteiger partial charge < -0.3 is 10.1 Å². The van der Waals surface area contributed by atoms with Gasteiger partial charge in [-0.15, -0.1) is 0 Å². The van der Waals surface area contributed by atoms with E-state index in [0.29, 0.717) is 5.92 Å². The fourth-order valence-electron chi connectivity index (χ4n) is 1.84. The van der Waals surface area contributed by atoms with E-state index in [1.807, 2.05) is 30.3 Å². The summed E-state index contributed by atoms with van der Waals surface area (Å²) in [6.45, 7) is 7.10. The minimum absolute atomic E-state index is 0.292. The summed E-state index contributed by atoms with van der Waals surface area (Å²) in [7, 11) is 1.68. The lowest BCUT2D eigenvalue weighted by Gasteiger charge is -2.12. The summed E-state index contributed by atoms with van der Waals surface area (Å²) in [5, 5.41) is 4.19. The molecule has 21 heavy (non-hydrogen) atoms. The van der Waals surface area contributed by atoms with Crippen molar-refractivity contribution in [2.24, 2.45) is 0 Å². The van der Waals surface area contributed by atoms with Gasteiger partial charge in [-0.3, -0.25) is 0 Å². The van der Waals surface area contributed by atoms with Gasteiger partial charge in [0.15, 0.2) is 0 Å². The second-order valence-electron chi connectivity index (χ2n) is 4.89. The van der Waals surface area contributed by atoms with Gasteiger partial charge in [-0.1, -0.05) is 37.7 Å². The highest BCUT2D eigenvalue weighted by Crippen LogP contribution is 2.34. The van der Waals surface area contributed by atoms with Crippen molar-refractivity contribution in [3.05, 3.63) is 36.2 Å². The van der Waals surface area contributed by atoms with Crippen LogP contribution in [0.2, 0.25) is 0 Å². The molecule has 0 fully saturated rings. The quantitative estimate of drug-likeness (QED) is 0.811. The Morgan fingerprint density at radius 1 is 1.24 bits per heavy atom. The topological polar surface area (TPSA) is 47.0 Å². The van der Waals surface area contributed by atoms with Crippen molar-refractivity contribution in [1.82, 2.24) is 9.97 Å². The Labute approximate surface area is 130 Å². The number of rotatable bonds is 6. The summed E-state index contributed by atoms with van der Waals surface area (Å²) >= 11 is 1.59. The smallest absolute Gasteiger partial charge is 0.134 e. The zero-order valence-electron chi connectivity index (χ0n) is 12.9. The first-order chi connectivity index (χ1) is 10.1. The number of para-hydroxylation sites is 1. The molecule has 112 valence electrons. The van der Waals surface area contributed by atoms with E-state index in [-0.39, 0.29) is 0 Å². The SMILES string of the molecule is CCNc1cc(Sc2ccccc2OC)nc(C(C)C)n1. The molecule has 1 aromatic heterocycles. The molecule has 1 heterocycles. The van der Waals surface area contributed by atoms with Crippen LogP contribution in [0.5, 0.6) is 5.75 Å². The Hall–Kier alpha value is -1.75. The maximum Gasteiger partial charge on any atom is 0.134 e. The number of hydrogen-bond donors (Lipinski definition) is 1. The molecule has 0 atom stereocenters. The van der Waals surface area contributed by atoms with Crippen molar-refractivity contribution in [2.45, 2.75) is 36.6 Å². The Morgan fingerprint density at radius 2 is 2.00 bits per heavy atom. The van der Waals surface area contributed by atoms with Gasteiger partial charge in [0, 0.05) is 18.5 Å². The van der Waals surface area contributed by atoms with Crippen LogP contribution in [0.15, 0.2) is 40.3 Å². The highest BCUT2D eigenvalue weighted by molar-refractivity contribution is 7.99. The standard InChI is InChI=1S/C16H21N3OS/c1-5-17-14-10-15(19-16(18-14)11(2)3)21-13-9-7-6-8-12(13)20-4/h6-11H,5H2,1-4H3,(H,17,18,19). The lowest BCUT2D eigenvalue weighted by Crippen LogP contribution is -2.05. The molecule has 0 spiro atoms. The number of benzene rings is 1. The van der Waals surface area contributed by atoms with E-state index in [4.69, 9.17) is 4.74 Å². The zero-order chi connectivity index (χ0) is 15.2.